The second-order valence-corrected chi connectivity index (χ2v) is 7.58. The molecule has 1 aromatic carbocycles. The second kappa shape index (κ2) is 10.8. The van der Waals surface area contributed by atoms with Crippen molar-refractivity contribution in [3.05, 3.63) is 59.3 Å². The van der Waals surface area contributed by atoms with Crippen LogP contribution in [0.4, 0.5) is 0 Å². The van der Waals surface area contributed by atoms with Gasteiger partial charge in [-0.2, -0.15) is 5.10 Å². The van der Waals surface area contributed by atoms with Gasteiger partial charge in [0.2, 0.25) is 5.91 Å². The Hall–Kier alpha value is -2.06. The van der Waals surface area contributed by atoms with Crippen molar-refractivity contribution in [3.8, 4) is 11.3 Å². The number of piperidine rings is 1. The van der Waals surface area contributed by atoms with Crippen molar-refractivity contribution in [1.82, 2.24) is 25.1 Å². The Labute approximate surface area is 192 Å². The first-order valence-corrected chi connectivity index (χ1v) is 9.81. The molecular weight excluding hydrogens is 447 g/mol. The van der Waals surface area contributed by atoms with Crippen LogP contribution in [0.2, 0.25) is 5.02 Å². The number of rotatable bonds is 5. The minimum absolute atomic E-state index is 0. The third-order valence-corrected chi connectivity index (χ3v) is 5.64. The number of halogens is 3. The fourth-order valence-electron chi connectivity index (χ4n) is 3.72. The summed E-state index contributed by atoms with van der Waals surface area (Å²) >= 11 is 6.27. The monoisotopic (exact) mass is 470 g/mol. The van der Waals surface area contributed by atoms with Crippen LogP contribution in [0.3, 0.4) is 0 Å². The Kier molecular flexibility index (Phi) is 8.73. The quantitative estimate of drug-likeness (QED) is 0.529. The van der Waals surface area contributed by atoms with Crippen molar-refractivity contribution in [3.63, 3.8) is 0 Å². The van der Waals surface area contributed by atoms with Gasteiger partial charge in [-0.25, -0.2) is 4.98 Å². The van der Waals surface area contributed by atoms with E-state index in [1.807, 2.05) is 29.2 Å². The van der Waals surface area contributed by atoms with Crippen LogP contribution in [0.15, 0.2) is 42.9 Å². The highest BCUT2D eigenvalue weighted by Crippen LogP contribution is 2.31. The zero-order valence-corrected chi connectivity index (χ0v) is 18.6. The summed E-state index contributed by atoms with van der Waals surface area (Å²) in [5, 5.41) is 8.26. The summed E-state index contributed by atoms with van der Waals surface area (Å²) in [6.45, 7) is 1.39. The SMILES string of the molecule is Cl.Cl.N[C@@H](Cc1cnc[nH]1)C(=O)N1CCC(c2cc(-c3ccccc3Cl)n[nH]2)CC1. The van der Waals surface area contributed by atoms with E-state index in [1.54, 1.807) is 12.5 Å². The summed E-state index contributed by atoms with van der Waals surface area (Å²) < 4.78 is 0. The first-order chi connectivity index (χ1) is 13.6. The number of benzene rings is 1. The molecule has 0 bridgehead atoms. The number of nitrogens with two attached hydrogens (primary N) is 1. The number of hydrogen-bond donors (Lipinski definition) is 3. The number of nitrogens with zero attached hydrogens (tertiary/aromatic N) is 3. The lowest BCUT2D eigenvalue weighted by Crippen LogP contribution is -2.47. The van der Waals surface area contributed by atoms with E-state index in [1.165, 1.54) is 0 Å². The van der Waals surface area contributed by atoms with Crippen LogP contribution < -0.4 is 5.73 Å². The fraction of sp³-hybridized carbons (Fsp3) is 0.350. The molecule has 4 N–H and O–H groups in total. The molecule has 2 aromatic heterocycles. The highest BCUT2D eigenvalue weighted by Gasteiger charge is 2.28. The summed E-state index contributed by atoms with van der Waals surface area (Å²) in [4.78, 5) is 21.4. The molecule has 1 atom stereocenters. The van der Waals surface area contributed by atoms with E-state index in [0.717, 1.165) is 35.5 Å². The van der Waals surface area contributed by atoms with Crippen LogP contribution in [0.1, 0.15) is 30.1 Å². The zero-order chi connectivity index (χ0) is 19.5. The highest BCUT2D eigenvalue weighted by atomic mass is 35.5. The van der Waals surface area contributed by atoms with E-state index in [9.17, 15) is 4.79 Å². The molecule has 1 aliphatic rings. The molecule has 10 heteroatoms. The van der Waals surface area contributed by atoms with Gasteiger partial charge in [-0.15, -0.1) is 24.8 Å². The molecule has 0 saturated carbocycles. The summed E-state index contributed by atoms with van der Waals surface area (Å²) in [5.41, 5.74) is 9.83. The molecule has 1 aliphatic heterocycles. The van der Waals surface area contributed by atoms with Gasteiger partial charge in [0.25, 0.3) is 0 Å². The van der Waals surface area contributed by atoms with Gasteiger partial charge in [-0.1, -0.05) is 29.8 Å². The molecule has 0 unspecified atom stereocenters. The third kappa shape index (κ3) is 5.35. The Bertz CT molecular complexity index is 938. The van der Waals surface area contributed by atoms with Gasteiger partial charge in [-0.05, 0) is 25.0 Å². The Morgan fingerprint density at radius 3 is 2.67 bits per heavy atom. The molecule has 0 spiro atoms. The van der Waals surface area contributed by atoms with Crippen molar-refractivity contribution < 1.29 is 4.79 Å². The third-order valence-electron chi connectivity index (χ3n) is 5.31. The number of imidazole rings is 1. The molecule has 1 saturated heterocycles. The molecule has 4 rings (SSSR count). The number of carbonyl (C=O) groups is 1. The van der Waals surface area contributed by atoms with E-state index in [0.29, 0.717) is 30.5 Å². The topological polar surface area (TPSA) is 104 Å². The van der Waals surface area contributed by atoms with Gasteiger partial charge >= 0.3 is 0 Å². The number of H-pyrrole nitrogens is 2. The van der Waals surface area contributed by atoms with Gasteiger partial charge in [0, 0.05) is 48.6 Å². The van der Waals surface area contributed by atoms with Crippen molar-refractivity contribution in [2.24, 2.45) is 5.73 Å². The molecule has 7 nitrogen and oxygen atoms in total. The molecule has 1 amide bonds. The number of aromatic amines is 2. The summed E-state index contributed by atoms with van der Waals surface area (Å²) in [6.07, 6.45) is 5.54. The first kappa shape index (κ1) is 24.2. The minimum atomic E-state index is -0.545. The lowest BCUT2D eigenvalue weighted by Gasteiger charge is -2.33. The molecule has 162 valence electrons. The molecule has 3 heterocycles. The summed E-state index contributed by atoms with van der Waals surface area (Å²) in [6, 6.07) is 9.20. The average Bonchev–Trinajstić information content (AvgIpc) is 3.40. The molecule has 1 fully saturated rings. The lowest BCUT2D eigenvalue weighted by atomic mass is 9.92. The first-order valence-electron chi connectivity index (χ1n) is 9.43. The van der Waals surface area contributed by atoms with Crippen LogP contribution in [-0.2, 0) is 11.2 Å². The standard InChI is InChI=1S/C20H23ClN6O.2ClH/c21-16-4-2-1-3-15(16)19-10-18(25-26-19)13-5-7-27(8-6-13)20(28)17(22)9-14-11-23-12-24-14;;/h1-4,10-13,17H,5-9,22H2,(H,23,24)(H,25,26);2*1H/t17-;;/m0../s1. The van der Waals surface area contributed by atoms with Crippen LogP contribution in [0.25, 0.3) is 11.3 Å². The number of likely N-dealkylation sites (tertiary alicyclic amines) is 1. The Morgan fingerprint density at radius 1 is 1.27 bits per heavy atom. The predicted octanol–water partition coefficient (Wildman–Crippen LogP) is 3.57. The van der Waals surface area contributed by atoms with Gasteiger partial charge in [0.15, 0.2) is 0 Å². The normalized spacial score (nSPS) is 15.2. The number of amides is 1. The van der Waals surface area contributed by atoms with E-state index < -0.39 is 6.04 Å². The van der Waals surface area contributed by atoms with Crippen molar-refractivity contribution >= 4 is 42.3 Å². The highest BCUT2D eigenvalue weighted by molar-refractivity contribution is 6.33. The van der Waals surface area contributed by atoms with Crippen molar-refractivity contribution in [1.29, 1.82) is 0 Å². The van der Waals surface area contributed by atoms with E-state index in [2.05, 4.69) is 26.2 Å². The zero-order valence-electron chi connectivity index (χ0n) is 16.3. The maximum absolute atomic E-state index is 12.6. The van der Waals surface area contributed by atoms with Gasteiger partial charge in [0.05, 0.1) is 23.1 Å². The number of carbonyl (C=O) groups excluding carboxylic acids is 1. The molecule has 0 aliphatic carbocycles. The van der Waals surface area contributed by atoms with Crippen LogP contribution >= 0.6 is 36.4 Å². The van der Waals surface area contributed by atoms with Crippen molar-refractivity contribution in [2.45, 2.75) is 31.2 Å². The summed E-state index contributed by atoms with van der Waals surface area (Å²) in [7, 11) is 0. The molecular formula is C20H25Cl3N6O. The van der Waals surface area contributed by atoms with Gasteiger partial charge in [-0.3, -0.25) is 9.89 Å². The van der Waals surface area contributed by atoms with Crippen LogP contribution in [0, 0.1) is 0 Å². The minimum Gasteiger partial charge on any atom is -0.348 e. The molecule has 3 aromatic rings. The van der Waals surface area contributed by atoms with Crippen LogP contribution in [-0.4, -0.2) is 50.1 Å². The number of nitrogens with one attached hydrogen (secondary N) is 2. The molecule has 30 heavy (non-hydrogen) atoms. The Morgan fingerprint density at radius 2 is 2.00 bits per heavy atom. The maximum Gasteiger partial charge on any atom is 0.239 e. The largest absolute Gasteiger partial charge is 0.348 e. The lowest BCUT2D eigenvalue weighted by molar-refractivity contribution is -0.133. The smallest absolute Gasteiger partial charge is 0.239 e. The predicted molar refractivity (Wildman–Crippen MR) is 122 cm³/mol. The van der Waals surface area contributed by atoms with E-state index >= 15 is 0 Å². The molecule has 0 radical (unpaired) electrons. The Balaban J connectivity index is 0.00000160. The van der Waals surface area contributed by atoms with E-state index in [-0.39, 0.29) is 30.7 Å². The fourth-order valence-corrected chi connectivity index (χ4v) is 3.95. The number of aromatic nitrogens is 4. The van der Waals surface area contributed by atoms with Gasteiger partial charge < -0.3 is 15.6 Å². The van der Waals surface area contributed by atoms with Crippen molar-refractivity contribution in [2.75, 3.05) is 13.1 Å². The summed E-state index contributed by atoms with van der Waals surface area (Å²) in [5.74, 6) is 0.339. The van der Waals surface area contributed by atoms with Gasteiger partial charge in [0.1, 0.15) is 0 Å². The average molecular weight is 472 g/mol. The number of hydrogen-bond acceptors (Lipinski definition) is 4. The van der Waals surface area contributed by atoms with Crippen LogP contribution in [0.5, 0.6) is 0 Å². The maximum atomic E-state index is 12.6. The second-order valence-electron chi connectivity index (χ2n) is 7.18. The van der Waals surface area contributed by atoms with E-state index in [4.69, 9.17) is 17.3 Å².